The van der Waals surface area contributed by atoms with Crippen molar-refractivity contribution in [2.75, 3.05) is 0 Å². The monoisotopic (exact) mass is 426 g/mol. The van der Waals surface area contributed by atoms with Crippen LogP contribution in [-0.4, -0.2) is 18.8 Å². The molecular weight excluding hydrogens is 403 g/mol. The van der Waals surface area contributed by atoms with Gasteiger partial charge in [-0.25, -0.2) is 8.78 Å². The lowest BCUT2D eigenvalue weighted by atomic mass is 10.0. The third-order valence-electron chi connectivity index (χ3n) is 4.27. The quantitative estimate of drug-likeness (QED) is 0.177. The molecule has 30 heavy (non-hydrogen) atoms. The van der Waals surface area contributed by atoms with Crippen molar-refractivity contribution in [3.8, 4) is 5.75 Å². The molecule has 3 nitrogen and oxygen atoms in total. The molecule has 0 aliphatic heterocycles. The summed E-state index contributed by atoms with van der Waals surface area (Å²) in [7, 11) is 0. The molecule has 0 N–H and O–H groups in total. The van der Waals surface area contributed by atoms with E-state index in [1.165, 1.54) is 37.5 Å². The van der Waals surface area contributed by atoms with Crippen molar-refractivity contribution in [1.82, 2.24) is 0 Å². The SMILES string of the molecule is CCCCCCCc1ccc(C=NN=Cc2cc(F)c(OC(F)(F)F)c(F)c2)cc1. The first-order valence-electron chi connectivity index (χ1n) is 9.68. The van der Waals surface area contributed by atoms with Crippen LogP contribution in [0.5, 0.6) is 5.75 Å². The smallest absolute Gasteiger partial charge is 0.399 e. The standard InChI is InChI=1S/C22H23F5N2O/c1-2-3-4-5-6-7-16-8-10-17(11-9-16)14-28-29-15-18-12-19(23)21(20(24)13-18)30-22(25,26)27/h8-15H,2-7H2,1H3. The van der Waals surface area contributed by atoms with Gasteiger partial charge in [0.25, 0.3) is 0 Å². The van der Waals surface area contributed by atoms with E-state index in [9.17, 15) is 22.0 Å². The van der Waals surface area contributed by atoms with Gasteiger partial charge < -0.3 is 4.74 Å². The molecule has 0 saturated carbocycles. The summed E-state index contributed by atoms with van der Waals surface area (Å²) in [6.07, 6.45) is 4.44. The Labute approximate surface area is 172 Å². The summed E-state index contributed by atoms with van der Waals surface area (Å²) in [6, 6.07) is 9.16. The van der Waals surface area contributed by atoms with Crippen LogP contribution in [0.4, 0.5) is 22.0 Å². The largest absolute Gasteiger partial charge is 0.573 e. The minimum Gasteiger partial charge on any atom is -0.399 e. The average Bonchev–Trinajstić information content (AvgIpc) is 2.68. The molecule has 0 unspecified atom stereocenters. The highest BCUT2D eigenvalue weighted by atomic mass is 19.4. The fourth-order valence-corrected chi connectivity index (χ4v) is 2.77. The van der Waals surface area contributed by atoms with Gasteiger partial charge >= 0.3 is 6.36 Å². The van der Waals surface area contributed by atoms with Crippen LogP contribution in [0.2, 0.25) is 0 Å². The Kier molecular flexibility index (Phi) is 8.95. The first kappa shape index (κ1) is 23.5. The van der Waals surface area contributed by atoms with Gasteiger partial charge in [-0.15, -0.1) is 13.2 Å². The Morgan fingerprint density at radius 1 is 0.833 bits per heavy atom. The van der Waals surface area contributed by atoms with Gasteiger partial charge in [0.2, 0.25) is 5.75 Å². The molecule has 2 aromatic carbocycles. The van der Waals surface area contributed by atoms with Gasteiger partial charge in [-0.2, -0.15) is 10.2 Å². The van der Waals surface area contributed by atoms with Crippen LogP contribution < -0.4 is 4.74 Å². The molecular formula is C22H23F5N2O. The average molecular weight is 426 g/mol. The van der Waals surface area contributed by atoms with E-state index in [0.717, 1.165) is 24.6 Å². The van der Waals surface area contributed by atoms with Crippen molar-refractivity contribution < 1.29 is 26.7 Å². The van der Waals surface area contributed by atoms with Crippen molar-refractivity contribution in [3.63, 3.8) is 0 Å². The zero-order valence-corrected chi connectivity index (χ0v) is 16.6. The van der Waals surface area contributed by atoms with Crippen molar-refractivity contribution in [3.05, 3.63) is 64.7 Å². The number of hydrogen-bond donors (Lipinski definition) is 0. The molecule has 0 bridgehead atoms. The van der Waals surface area contributed by atoms with Crippen molar-refractivity contribution in [2.45, 2.75) is 51.8 Å². The van der Waals surface area contributed by atoms with Crippen molar-refractivity contribution >= 4 is 12.4 Å². The van der Waals surface area contributed by atoms with Gasteiger partial charge in [0, 0.05) is 5.56 Å². The second kappa shape index (κ2) is 11.4. The number of halogens is 5. The van der Waals surface area contributed by atoms with Crippen LogP contribution in [-0.2, 0) is 6.42 Å². The van der Waals surface area contributed by atoms with Gasteiger partial charge in [-0.05, 0) is 36.1 Å². The van der Waals surface area contributed by atoms with Gasteiger partial charge in [0.1, 0.15) is 0 Å². The molecule has 0 aliphatic rings. The lowest BCUT2D eigenvalue weighted by molar-refractivity contribution is -0.276. The number of unbranched alkanes of at least 4 members (excludes halogenated alkanes) is 4. The molecule has 0 amide bonds. The van der Waals surface area contributed by atoms with E-state index in [1.54, 1.807) is 0 Å². The van der Waals surface area contributed by atoms with Crippen LogP contribution in [0.1, 0.15) is 55.7 Å². The lowest BCUT2D eigenvalue weighted by Crippen LogP contribution is -2.19. The number of ether oxygens (including phenoxy) is 1. The minimum absolute atomic E-state index is 0.0879. The van der Waals surface area contributed by atoms with Crippen LogP contribution in [0.3, 0.4) is 0 Å². The highest BCUT2D eigenvalue weighted by Crippen LogP contribution is 2.29. The number of aryl methyl sites for hydroxylation is 1. The topological polar surface area (TPSA) is 34.0 Å². The van der Waals surface area contributed by atoms with E-state index in [-0.39, 0.29) is 5.56 Å². The number of benzene rings is 2. The maximum Gasteiger partial charge on any atom is 0.573 e. The van der Waals surface area contributed by atoms with E-state index in [0.29, 0.717) is 12.1 Å². The van der Waals surface area contributed by atoms with Crippen LogP contribution in [0.25, 0.3) is 0 Å². The maximum atomic E-state index is 13.6. The Balaban J connectivity index is 1.90. The maximum absolute atomic E-state index is 13.6. The molecule has 0 aliphatic carbocycles. The zero-order chi connectivity index (χ0) is 22.0. The van der Waals surface area contributed by atoms with E-state index >= 15 is 0 Å². The third kappa shape index (κ3) is 8.31. The molecule has 8 heteroatoms. The molecule has 0 spiro atoms. The first-order chi connectivity index (χ1) is 14.3. The molecule has 162 valence electrons. The second-order valence-electron chi connectivity index (χ2n) is 6.76. The Morgan fingerprint density at radius 3 is 1.97 bits per heavy atom. The third-order valence-corrected chi connectivity index (χ3v) is 4.27. The van der Waals surface area contributed by atoms with Gasteiger partial charge in [0.15, 0.2) is 11.6 Å². The van der Waals surface area contributed by atoms with Crippen LogP contribution in [0.15, 0.2) is 46.6 Å². The number of alkyl halides is 3. The summed E-state index contributed by atoms with van der Waals surface area (Å²) < 4.78 is 67.0. The van der Waals surface area contributed by atoms with E-state index in [4.69, 9.17) is 0 Å². The summed E-state index contributed by atoms with van der Waals surface area (Å²) in [5, 5.41) is 7.46. The highest BCUT2D eigenvalue weighted by molar-refractivity contribution is 5.82. The molecule has 0 aromatic heterocycles. The number of hydrogen-bond acceptors (Lipinski definition) is 3. The predicted molar refractivity (Wildman–Crippen MR) is 107 cm³/mol. The molecule has 0 fully saturated rings. The molecule has 0 heterocycles. The predicted octanol–water partition coefficient (Wildman–Crippen LogP) is 6.83. The summed E-state index contributed by atoms with van der Waals surface area (Å²) in [5.74, 6) is -4.47. The normalized spacial score (nSPS) is 12.2. The van der Waals surface area contributed by atoms with Crippen molar-refractivity contribution in [1.29, 1.82) is 0 Å². The van der Waals surface area contributed by atoms with Crippen LogP contribution >= 0.6 is 0 Å². The summed E-state index contributed by atoms with van der Waals surface area (Å²) in [4.78, 5) is 0. The first-order valence-corrected chi connectivity index (χ1v) is 9.68. The van der Waals surface area contributed by atoms with Crippen molar-refractivity contribution in [2.24, 2.45) is 10.2 Å². The highest BCUT2D eigenvalue weighted by Gasteiger charge is 2.34. The van der Waals surface area contributed by atoms with E-state index in [1.807, 2.05) is 24.3 Å². The zero-order valence-electron chi connectivity index (χ0n) is 16.6. The summed E-state index contributed by atoms with van der Waals surface area (Å²) in [6.45, 7) is 2.18. The summed E-state index contributed by atoms with van der Waals surface area (Å²) in [5.41, 5.74) is 1.95. The fraction of sp³-hybridized carbons (Fsp3) is 0.364. The summed E-state index contributed by atoms with van der Waals surface area (Å²) >= 11 is 0. The molecule has 0 radical (unpaired) electrons. The Bertz CT molecular complexity index is 838. The van der Waals surface area contributed by atoms with Gasteiger partial charge in [-0.1, -0.05) is 56.9 Å². The molecule has 2 aromatic rings. The Morgan fingerprint density at radius 2 is 1.40 bits per heavy atom. The second-order valence-corrected chi connectivity index (χ2v) is 6.76. The number of rotatable bonds is 10. The lowest BCUT2D eigenvalue weighted by Gasteiger charge is -2.10. The Hall–Kier alpha value is -2.77. The number of nitrogens with zero attached hydrogens (tertiary/aromatic N) is 2. The molecule has 2 rings (SSSR count). The van der Waals surface area contributed by atoms with Gasteiger partial charge in [0.05, 0.1) is 12.4 Å². The fourth-order valence-electron chi connectivity index (χ4n) is 2.77. The molecule has 0 atom stereocenters. The molecule has 0 saturated heterocycles. The van der Waals surface area contributed by atoms with E-state index < -0.39 is 23.7 Å². The minimum atomic E-state index is -5.19. The van der Waals surface area contributed by atoms with E-state index in [2.05, 4.69) is 21.9 Å². The van der Waals surface area contributed by atoms with Gasteiger partial charge in [-0.3, -0.25) is 0 Å². The van der Waals surface area contributed by atoms with Crippen LogP contribution in [0, 0.1) is 11.6 Å².